The molecule has 1 atom stereocenters. The number of aliphatic hydroxyl groups excluding tert-OH is 1. The summed E-state index contributed by atoms with van der Waals surface area (Å²) >= 11 is 0. The van der Waals surface area contributed by atoms with Crippen LogP contribution in [0, 0.1) is 0 Å². The smallest absolute Gasteiger partial charge is 0.411 e. The summed E-state index contributed by atoms with van der Waals surface area (Å²) in [5, 5.41) is 25.5. The first-order valence-corrected chi connectivity index (χ1v) is 28.8. The molecular formula is C53H71N13O5Si. The number of pyridine rings is 1. The molecule has 1 fully saturated rings. The number of nitrogens with one attached hydrogen (secondary N) is 3. The Bertz CT molecular complexity index is 2920. The Hall–Kier alpha value is -6.96. The van der Waals surface area contributed by atoms with Gasteiger partial charge in [-0.25, -0.2) is 24.7 Å². The van der Waals surface area contributed by atoms with E-state index in [4.69, 9.17) is 24.2 Å². The average molecular weight is 998 g/mol. The van der Waals surface area contributed by atoms with Crippen LogP contribution in [0.2, 0.25) is 25.7 Å². The van der Waals surface area contributed by atoms with Gasteiger partial charge in [0.25, 0.3) is 0 Å². The summed E-state index contributed by atoms with van der Waals surface area (Å²) in [5.74, 6) is 3.26. The number of methoxy groups -OCH3 is 1. The zero-order valence-corrected chi connectivity index (χ0v) is 44.1. The topological polar surface area (TPSA) is 185 Å². The Morgan fingerprint density at radius 2 is 1.81 bits per heavy atom. The van der Waals surface area contributed by atoms with Gasteiger partial charge in [0.05, 0.1) is 42.7 Å². The third-order valence-electron chi connectivity index (χ3n) is 13.2. The number of amides is 1. The molecule has 0 unspecified atom stereocenters. The monoisotopic (exact) mass is 998 g/mol. The molecule has 72 heavy (non-hydrogen) atoms. The Balaban J connectivity index is 0.885. The summed E-state index contributed by atoms with van der Waals surface area (Å²) in [4.78, 5) is 39.1. The van der Waals surface area contributed by atoms with Gasteiger partial charge in [0.15, 0.2) is 5.65 Å². The Kier molecular flexibility index (Phi) is 16.8. The lowest BCUT2D eigenvalue weighted by atomic mass is 9.99. The minimum atomic E-state index is -1.42. The van der Waals surface area contributed by atoms with Crippen LogP contribution >= 0.6 is 0 Å². The van der Waals surface area contributed by atoms with E-state index in [1.807, 2.05) is 73.5 Å². The van der Waals surface area contributed by atoms with Gasteiger partial charge < -0.3 is 49.2 Å². The number of rotatable bonds is 23. The second-order valence-electron chi connectivity index (χ2n) is 19.7. The zero-order chi connectivity index (χ0) is 50.8. The molecule has 18 nitrogen and oxygen atoms in total. The standard InChI is InChI=1S/C53H71N13O5Si/c1-9-38-35-57-66-48(32-49(61-51(38)66)65-22-13-12-14-39(65)20-26-67)55-33-37-17-18-50(56-34-37)70-27-25-62(2)23-24-63(3)46-31-47(69-5)44(30-43(46)60-53(68)71-28-29-72(6,7)8)59-52-54-21-19-42(58-52)41-36-64(4)45-16-11-10-15-40(41)45/h10-11,15-19,21,30-32,34-36,39,55,67H,9,12-14,20,22-29,33H2,1-8H3,(H,60,68)(H,54,58,59)/t39-/m0/s1. The number of carbonyl (C=O) groups excluding carboxylic acids is 1. The lowest BCUT2D eigenvalue weighted by Gasteiger charge is -2.36. The molecular weight excluding hydrogens is 927 g/mol. The first kappa shape index (κ1) is 51.4. The molecule has 5 aromatic heterocycles. The number of aromatic nitrogens is 7. The lowest BCUT2D eigenvalue weighted by Crippen LogP contribution is -2.40. The molecule has 0 bridgehead atoms. The van der Waals surface area contributed by atoms with Crippen molar-refractivity contribution in [1.82, 2.24) is 39.0 Å². The number of ether oxygens (including phenoxy) is 3. The molecule has 19 heteroatoms. The maximum Gasteiger partial charge on any atom is 0.411 e. The van der Waals surface area contributed by atoms with Gasteiger partial charge in [0.1, 0.15) is 24.0 Å². The Morgan fingerprint density at radius 3 is 2.58 bits per heavy atom. The van der Waals surface area contributed by atoms with Crippen LogP contribution in [0.5, 0.6) is 11.6 Å². The van der Waals surface area contributed by atoms with Gasteiger partial charge in [0, 0.05) is 126 Å². The number of anilines is 6. The van der Waals surface area contributed by atoms with E-state index in [2.05, 4.69) is 108 Å². The number of piperidine rings is 1. The minimum absolute atomic E-state index is 0.163. The normalized spacial score (nSPS) is 14.0. The Labute approximate surface area is 423 Å². The molecule has 0 spiro atoms. The molecule has 1 amide bonds. The van der Waals surface area contributed by atoms with Crippen molar-refractivity contribution in [3.8, 4) is 22.9 Å². The predicted octanol–water partition coefficient (Wildman–Crippen LogP) is 9.07. The van der Waals surface area contributed by atoms with Crippen molar-refractivity contribution >= 4 is 65.4 Å². The zero-order valence-electron chi connectivity index (χ0n) is 43.1. The second-order valence-corrected chi connectivity index (χ2v) is 25.4. The summed E-state index contributed by atoms with van der Waals surface area (Å²) < 4.78 is 21.7. The number of fused-ring (bicyclic) bond motifs is 2. The van der Waals surface area contributed by atoms with Crippen LogP contribution in [0.15, 0.2) is 85.5 Å². The van der Waals surface area contributed by atoms with Gasteiger partial charge in [-0.2, -0.15) is 9.61 Å². The van der Waals surface area contributed by atoms with E-state index in [0.29, 0.717) is 68.3 Å². The second kappa shape index (κ2) is 23.5. The third-order valence-corrected chi connectivity index (χ3v) is 14.9. The average Bonchev–Trinajstić information content (AvgIpc) is 3.95. The SMILES string of the molecule is CCc1cnn2c(NCc3ccc(OCCN(C)CCN(C)c4cc(OC)c(Nc5nccc(-c6cn(C)c7ccccc67)n5)cc4NC(=O)OCC[Si](C)(C)C)nc3)cc(N3CCCC[C@H]3CCO)nc12. The highest BCUT2D eigenvalue weighted by Crippen LogP contribution is 2.39. The summed E-state index contributed by atoms with van der Waals surface area (Å²) in [6.45, 7) is 13.3. The maximum atomic E-state index is 13.3. The van der Waals surface area contributed by atoms with Gasteiger partial charge in [-0.05, 0) is 69.0 Å². The first-order chi connectivity index (χ1) is 34.8. The molecule has 4 N–H and O–H groups in total. The first-order valence-electron chi connectivity index (χ1n) is 25.1. The van der Waals surface area contributed by atoms with E-state index in [9.17, 15) is 9.90 Å². The predicted molar refractivity (Wildman–Crippen MR) is 290 cm³/mol. The fourth-order valence-electron chi connectivity index (χ4n) is 9.00. The van der Waals surface area contributed by atoms with Gasteiger partial charge in [-0.15, -0.1) is 0 Å². The van der Waals surface area contributed by atoms with Crippen molar-refractivity contribution in [3.63, 3.8) is 0 Å². The van der Waals surface area contributed by atoms with Crippen molar-refractivity contribution in [2.45, 2.75) is 77.3 Å². The molecule has 0 saturated carbocycles. The number of aryl methyl sites for hydroxylation is 2. The van der Waals surface area contributed by atoms with Gasteiger partial charge in [0.2, 0.25) is 11.8 Å². The van der Waals surface area contributed by atoms with Crippen LogP contribution in [0.4, 0.5) is 39.4 Å². The summed E-state index contributed by atoms with van der Waals surface area (Å²) in [7, 11) is 6.26. The molecule has 2 aromatic carbocycles. The largest absolute Gasteiger partial charge is 0.494 e. The van der Waals surface area contributed by atoms with Crippen LogP contribution in [-0.2, 0) is 24.8 Å². The maximum absolute atomic E-state index is 13.3. The highest BCUT2D eigenvalue weighted by atomic mass is 28.3. The number of para-hydroxylation sites is 1. The highest BCUT2D eigenvalue weighted by molar-refractivity contribution is 6.76. The van der Waals surface area contributed by atoms with Gasteiger partial charge in [-0.1, -0.05) is 50.8 Å². The van der Waals surface area contributed by atoms with Gasteiger partial charge >= 0.3 is 6.09 Å². The minimum Gasteiger partial charge on any atom is -0.494 e. The molecule has 6 heterocycles. The van der Waals surface area contributed by atoms with Crippen LogP contribution in [0.25, 0.3) is 27.8 Å². The molecule has 382 valence electrons. The quantitative estimate of drug-likeness (QED) is 0.0445. The summed E-state index contributed by atoms with van der Waals surface area (Å²) in [5.41, 5.74) is 7.72. The number of likely N-dealkylation sites (N-methyl/N-ethyl adjacent to an activating group) is 2. The fourth-order valence-corrected chi connectivity index (χ4v) is 9.72. The molecule has 7 aromatic rings. The molecule has 0 aliphatic carbocycles. The van der Waals surface area contributed by atoms with Crippen LogP contribution < -0.4 is 35.2 Å². The fraction of sp³-hybridized carbons (Fsp3) is 0.434. The number of nitrogens with zero attached hydrogens (tertiary/aromatic N) is 10. The molecule has 1 saturated heterocycles. The van der Waals surface area contributed by atoms with E-state index in [1.54, 1.807) is 13.3 Å². The number of hydrogen-bond acceptors (Lipinski definition) is 15. The van der Waals surface area contributed by atoms with Crippen molar-refractivity contribution in [1.29, 1.82) is 0 Å². The molecule has 1 aliphatic rings. The summed E-state index contributed by atoms with van der Waals surface area (Å²) in [6, 6.07) is 21.0. The molecule has 0 radical (unpaired) electrons. The Morgan fingerprint density at radius 1 is 0.958 bits per heavy atom. The van der Waals surface area contributed by atoms with E-state index < -0.39 is 14.2 Å². The number of hydrogen-bond donors (Lipinski definition) is 4. The van der Waals surface area contributed by atoms with Crippen molar-refractivity contribution in [2.75, 3.05) is 93.0 Å². The number of aliphatic hydroxyl groups is 1. The summed E-state index contributed by atoms with van der Waals surface area (Å²) in [6.07, 6.45) is 11.9. The van der Waals surface area contributed by atoms with Gasteiger partial charge in [-0.3, -0.25) is 5.32 Å². The lowest BCUT2D eigenvalue weighted by molar-refractivity contribution is 0.167. The number of carbonyl (C=O) groups is 1. The van der Waals surface area contributed by atoms with E-state index in [-0.39, 0.29) is 12.6 Å². The van der Waals surface area contributed by atoms with E-state index in [1.165, 1.54) is 0 Å². The van der Waals surface area contributed by atoms with Crippen molar-refractivity contribution in [2.24, 2.45) is 7.05 Å². The van der Waals surface area contributed by atoms with Crippen LogP contribution in [0.3, 0.4) is 0 Å². The molecule has 1 aliphatic heterocycles. The van der Waals surface area contributed by atoms with Crippen LogP contribution in [-0.4, -0.2) is 132 Å². The van der Waals surface area contributed by atoms with Crippen LogP contribution in [0.1, 0.15) is 43.7 Å². The molecule has 8 rings (SSSR count). The van der Waals surface area contributed by atoms with Crippen molar-refractivity contribution < 1.29 is 24.1 Å². The van der Waals surface area contributed by atoms with Crippen molar-refractivity contribution in [3.05, 3.63) is 96.6 Å². The number of benzene rings is 2. The van der Waals surface area contributed by atoms with E-state index in [0.717, 1.165) is 101 Å². The third kappa shape index (κ3) is 12.7. The highest BCUT2D eigenvalue weighted by Gasteiger charge is 2.26. The van der Waals surface area contributed by atoms with E-state index >= 15 is 0 Å².